The van der Waals surface area contributed by atoms with E-state index in [1.807, 2.05) is 0 Å². The Hall–Kier alpha value is 0.210. The van der Waals surface area contributed by atoms with Crippen molar-refractivity contribution in [3.05, 3.63) is 0 Å². The van der Waals surface area contributed by atoms with Crippen molar-refractivity contribution in [1.82, 2.24) is 4.90 Å². The van der Waals surface area contributed by atoms with E-state index in [4.69, 9.17) is 4.74 Å². The van der Waals surface area contributed by atoms with Crippen molar-refractivity contribution in [3.63, 3.8) is 0 Å². The molecule has 2 fully saturated rings. The first-order valence-corrected chi connectivity index (χ1v) is 5.52. The molecule has 0 aromatic rings. The molecule has 2 aliphatic rings. The molecule has 1 heterocycles. The zero-order valence-electron chi connectivity index (χ0n) is 9.29. The molecule has 0 radical (unpaired) electrons. The van der Waals surface area contributed by atoms with Crippen molar-refractivity contribution >= 4 is 12.4 Å². The maximum Gasteiger partial charge on any atom is 0.0827 e. The molecule has 0 aromatic carbocycles. The molecule has 0 amide bonds. The fourth-order valence-electron chi connectivity index (χ4n) is 2.65. The van der Waals surface area contributed by atoms with Gasteiger partial charge in [-0.3, -0.25) is 0 Å². The Morgan fingerprint density at radius 1 is 1.21 bits per heavy atom. The molecule has 1 atom stereocenters. The number of nitrogens with zero attached hydrogens (tertiary/aromatic N) is 1. The lowest BCUT2D eigenvalue weighted by molar-refractivity contribution is 0.0811. The third-order valence-corrected chi connectivity index (χ3v) is 3.74. The summed E-state index contributed by atoms with van der Waals surface area (Å²) >= 11 is 0. The van der Waals surface area contributed by atoms with Gasteiger partial charge in [0, 0.05) is 5.54 Å². The van der Waals surface area contributed by atoms with E-state index in [0.717, 1.165) is 6.61 Å². The van der Waals surface area contributed by atoms with Gasteiger partial charge in [0.05, 0.1) is 12.7 Å². The summed E-state index contributed by atoms with van der Waals surface area (Å²) in [5, 5.41) is 0. The minimum absolute atomic E-state index is 0. The predicted molar refractivity (Wildman–Crippen MR) is 61.1 cm³/mol. The van der Waals surface area contributed by atoms with Crippen LogP contribution in [0, 0.1) is 0 Å². The number of ether oxygens (including phenoxy) is 1. The van der Waals surface area contributed by atoms with Crippen LogP contribution in [-0.2, 0) is 4.74 Å². The summed E-state index contributed by atoms with van der Waals surface area (Å²) in [6.07, 6.45) is 8.84. The number of hydrogen-bond donors (Lipinski definition) is 0. The standard InChI is InChI=1S/C11H21NO.ClH/c1-12(2)11(8-10-9-13-10)6-4-3-5-7-11;/h10H,3-9H2,1-2H3;1H. The highest BCUT2D eigenvalue weighted by atomic mass is 35.5. The van der Waals surface area contributed by atoms with Crippen molar-refractivity contribution in [2.24, 2.45) is 0 Å². The lowest BCUT2D eigenvalue weighted by Crippen LogP contribution is -2.46. The minimum atomic E-state index is 0. The SMILES string of the molecule is CN(C)C1(CC2CO2)CCCCC1.Cl. The van der Waals surface area contributed by atoms with Crippen molar-refractivity contribution < 1.29 is 4.74 Å². The molecule has 0 bridgehead atoms. The zero-order chi connectivity index (χ0) is 9.31. The summed E-state index contributed by atoms with van der Waals surface area (Å²) < 4.78 is 5.36. The Balaban J connectivity index is 0.000000980. The van der Waals surface area contributed by atoms with Crippen molar-refractivity contribution in [1.29, 1.82) is 0 Å². The third kappa shape index (κ3) is 2.62. The van der Waals surface area contributed by atoms with E-state index >= 15 is 0 Å². The van der Waals surface area contributed by atoms with Gasteiger partial charge in [0.2, 0.25) is 0 Å². The first-order chi connectivity index (χ1) is 6.23. The molecule has 1 aliphatic heterocycles. The highest BCUT2D eigenvalue weighted by Gasteiger charge is 2.40. The molecule has 84 valence electrons. The smallest absolute Gasteiger partial charge is 0.0827 e. The summed E-state index contributed by atoms with van der Waals surface area (Å²) in [4.78, 5) is 2.44. The van der Waals surface area contributed by atoms with Gasteiger partial charge in [0.1, 0.15) is 0 Å². The van der Waals surface area contributed by atoms with E-state index in [1.165, 1.54) is 38.5 Å². The minimum Gasteiger partial charge on any atom is -0.373 e. The van der Waals surface area contributed by atoms with Crippen LogP contribution in [0.3, 0.4) is 0 Å². The maximum atomic E-state index is 5.36. The lowest BCUT2D eigenvalue weighted by atomic mass is 9.77. The molecule has 2 rings (SSSR count). The van der Waals surface area contributed by atoms with Crippen molar-refractivity contribution in [2.45, 2.75) is 50.2 Å². The van der Waals surface area contributed by atoms with Crippen LogP contribution in [0.2, 0.25) is 0 Å². The van der Waals surface area contributed by atoms with Gasteiger partial charge in [-0.15, -0.1) is 12.4 Å². The average Bonchev–Trinajstić information content (AvgIpc) is 2.90. The summed E-state index contributed by atoms with van der Waals surface area (Å²) in [5.41, 5.74) is 0.472. The van der Waals surface area contributed by atoms with Crippen LogP contribution in [0.25, 0.3) is 0 Å². The molecule has 14 heavy (non-hydrogen) atoms. The van der Waals surface area contributed by atoms with E-state index in [9.17, 15) is 0 Å². The Labute approximate surface area is 93.4 Å². The molecule has 0 aromatic heterocycles. The van der Waals surface area contributed by atoms with Crippen LogP contribution >= 0.6 is 12.4 Å². The van der Waals surface area contributed by atoms with Gasteiger partial charge in [-0.2, -0.15) is 0 Å². The van der Waals surface area contributed by atoms with Crippen LogP contribution in [0.15, 0.2) is 0 Å². The fourth-order valence-corrected chi connectivity index (χ4v) is 2.65. The van der Waals surface area contributed by atoms with Crippen molar-refractivity contribution in [3.8, 4) is 0 Å². The molecule has 3 heteroatoms. The predicted octanol–water partition coefficient (Wildman–Crippen LogP) is 2.46. The van der Waals surface area contributed by atoms with Crippen LogP contribution in [-0.4, -0.2) is 37.2 Å². The van der Waals surface area contributed by atoms with E-state index in [-0.39, 0.29) is 12.4 Å². The molecule has 1 saturated heterocycles. The van der Waals surface area contributed by atoms with E-state index in [1.54, 1.807) is 0 Å². The van der Waals surface area contributed by atoms with Crippen LogP contribution in [0.4, 0.5) is 0 Å². The largest absolute Gasteiger partial charge is 0.373 e. The molecule has 2 nitrogen and oxygen atoms in total. The monoisotopic (exact) mass is 219 g/mol. The Kier molecular flexibility index (Phi) is 4.23. The Morgan fingerprint density at radius 2 is 1.79 bits per heavy atom. The average molecular weight is 220 g/mol. The lowest BCUT2D eigenvalue weighted by Gasteiger charge is -2.43. The molecule has 1 aliphatic carbocycles. The first kappa shape index (κ1) is 12.3. The molecule has 1 unspecified atom stereocenters. The van der Waals surface area contributed by atoms with Crippen LogP contribution < -0.4 is 0 Å². The quantitative estimate of drug-likeness (QED) is 0.678. The van der Waals surface area contributed by atoms with Gasteiger partial charge < -0.3 is 9.64 Å². The van der Waals surface area contributed by atoms with E-state index in [0.29, 0.717) is 11.6 Å². The van der Waals surface area contributed by atoms with Crippen LogP contribution in [0.1, 0.15) is 38.5 Å². The number of halogens is 1. The summed E-state index contributed by atoms with van der Waals surface area (Å²) in [5.74, 6) is 0. The second-order valence-corrected chi connectivity index (χ2v) is 4.84. The summed E-state index contributed by atoms with van der Waals surface area (Å²) in [6.45, 7) is 1.01. The third-order valence-electron chi connectivity index (χ3n) is 3.74. The van der Waals surface area contributed by atoms with Gasteiger partial charge >= 0.3 is 0 Å². The zero-order valence-corrected chi connectivity index (χ0v) is 10.1. The Morgan fingerprint density at radius 3 is 2.21 bits per heavy atom. The normalized spacial score (nSPS) is 29.8. The summed E-state index contributed by atoms with van der Waals surface area (Å²) in [7, 11) is 4.46. The summed E-state index contributed by atoms with van der Waals surface area (Å²) in [6, 6.07) is 0. The van der Waals surface area contributed by atoms with Gasteiger partial charge in [-0.25, -0.2) is 0 Å². The van der Waals surface area contributed by atoms with E-state index < -0.39 is 0 Å². The maximum absolute atomic E-state index is 5.36. The van der Waals surface area contributed by atoms with E-state index in [2.05, 4.69) is 19.0 Å². The topological polar surface area (TPSA) is 15.8 Å². The van der Waals surface area contributed by atoms with Crippen LogP contribution in [0.5, 0.6) is 0 Å². The van der Waals surface area contributed by atoms with Gasteiger partial charge in [-0.1, -0.05) is 19.3 Å². The second-order valence-electron chi connectivity index (χ2n) is 4.84. The highest BCUT2D eigenvalue weighted by Crippen LogP contribution is 2.38. The van der Waals surface area contributed by atoms with Gasteiger partial charge in [0.15, 0.2) is 0 Å². The Bertz CT molecular complexity index is 174. The highest BCUT2D eigenvalue weighted by molar-refractivity contribution is 5.85. The molecular weight excluding hydrogens is 198 g/mol. The molecule has 1 saturated carbocycles. The van der Waals surface area contributed by atoms with Gasteiger partial charge in [-0.05, 0) is 33.4 Å². The number of rotatable bonds is 3. The number of hydrogen-bond acceptors (Lipinski definition) is 2. The second kappa shape index (κ2) is 4.82. The molecule has 0 spiro atoms. The molecule has 0 N–H and O–H groups in total. The van der Waals surface area contributed by atoms with Crippen molar-refractivity contribution in [2.75, 3.05) is 20.7 Å². The molecular formula is C11H22ClNO. The fraction of sp³-hybridized carbons (Fsp3) is 1.00. The number of epoxide rings is 1. The van der Waals surface area contributed by atoms with Gasteiger partial charge in [0.25, 0.3) is 0 Å². The first-order valence-electron chi connectivity index (χ1n) is 5.52.